The van der Waals surface area contributed by atoms with Gasteiger partial charge >= 0.3 is 0 Å². The number of hydrogen-bond acceptors (Lipinski definition) is 4. The van der Waals surface area contributed by atoms with Gasteiger partial charge in [-0.05, 0) is 44.4 Å². The Morgan fingerprint density at radius 2 is 2.05 bits per heavy atom. The van der Waals surface area contributed by atoms with E-state index < -0.39 is 0 Å². The van der Waals surface area contributed by atoms with E-state index in [0.717, 1.165) is 18.0 Å². The molecule has 1 saturated heterocycles. The number of hydrogen-bond donors (Lipinski definition) is 1. The quantitative estimate of drug-likeness (QED) is 0.933. The van der Waals surface area contributed by atoms with Crippen LogP contribution >= 0.6 is 11.3 Å². The van der Waals surface area contributed by atoms with Crippen molar-refractivity contribution in [3.8, 4) is 11.5 Å². The topological polar surface area (TPSA) is 30.5 Å². The zero-order chi connectivity index (χ0) is 14.1. The van der Waals surface area contributed by atoms with E-state index in [1.165, 1.54) is 27.8 Å². The monoisotopic (exact) mass is 291 g/mol. The molecule has 2 atom stereocenters. The van der Waals surface area contributed by atoms with Gasteiger partial charge in [0.15, 0.2) is 0 Å². The first-order valence-corrected chi connectivity index (χ1v) is 7.91. The number of thiophene rings is 1. The molecule has 1 N–H and O–H groups in total. The third-order valence-corrected chi connectivity index (χ3v) is 5.32. The molecule has 4 heteroatoms. The van der Waals surface area contributed by atoms with E-state index in [2.05, 4.69) is 24.4 Å². The van der Waals surface area contributed by atoms with E-state index >= 15 is 0 Å². The van der Waals surface area contributed by atoms with Gasteiger partial charge in [-0.1, -0.05) is 0 Å². The largest absolute Gasteiger partial charge is 0.497 e. The van der Waals surface area contributed by atoms with Crippen LogP contribution in [0.1, 0.15) is 30.6 Å². The summed E-state index contributed by atoms with van der Waals surface area (Å²) in [4.78, 5) is 1.47. The Balaban J connectivity index is 2.01. The van der Waals surface area contributed by atoms with Gasteiger partial charge in [0.05, 0.1) is 14.2 Å². The van der Waals surface area contributed by atoms with Crippen LogP contribution in [-0.2, 0) is 0 Å². The Morgan fingerprint density at radius 3 is 2.75 bits per heavy atom. The fourth-order valence-corrected chi connectivity index (χ4v) is 4.24. The second-order valence-electron chi connectivity index (χ2n) is 5.47. The molecular formula is C16H21NO2S. The highest BCUT2D eigenvalue weighted by Gasteiger charge is 2.22. The van der Waals surface area contributed by atoms with Crippen molar-refractivity contribution in [3.05, 3.63) is 23.1 Å². The zero-order valence-corrected chi connectivity index (χ0v) is 13.0. The highest BCUT2D eigenvalue weighted by atomic mass is 32.1. The Kier molecular flexibility index (Phi) is 3.85. The molecule has 1 aliphatic rings. The Hall–Kier alpha value is -1.26. The zero-order valence-electron chi connectivity index (χ0n) is 12.2. The van der Waals surface area contributed by atoms with Crippen LogP contribution in [-0.4, -0.2) is 26.8 Å². The lowest BCUT2D eigenvalue weighted by atomic mass is 9.92. The average molecular weight is 291 g/mol. The van der Waals surface area contributed by atoms with Crippen molar-refractivity contribution < 1.29 is 9.47 Å². The molecule has 1 unspecified atom stereocenters. The minimum absolute atomic E-state index is 0.607. The van der Waals surface area contributed by atoms with Crippen LogP contribution in [0.4, 0.5) is 0 Å². The lowest BCUT2D eigenvalue weighted by molar-refractivity contribution is 0.384. The van der Waals surface area contributed by atoms with Crippen molar-refractivity contribution in [2.45, 2.75) is 31.7 Å². The van der Waals surface area contributed by atoms with Gasteiger partial charge in [-0.2, -0.15) is 0 Å². The minimum atomic E-state index is 0.607. The molecule has 1 aromatic carbocycles. The van der Waals surface area contributed by atoms with E-state index in [-0.39, 0.29) is 0 Å². The van der Waals surface area contributed by atoms with Gasteiger partial charge in [-0.25, -0.2) is 0 Å². The Morgan fingerprint density at radius 1 is 1.20 bits per heavy atom. The summed E-state index contributed by atoms with van der Waals surface area (Å²) in [5.41, 5.74) is 0. The molecule has 0 spiro atoms. The van der Waals surface area contributed by atoms with Crippen molar-refractivity contribution in [1.82, 2.24) is 5.32 Å². The second kappa shape index (κ2) is 5.62. The van der Waals surface area contributed by atoms with Gasteiger partial charge in [0.25, 0.3) is 0 Å². The Bertz CT molecular complexity index is 608. The number of fused-ring (bicyclic) bond motifs is 1. The van der Waals surface area contributed by atoms with E-state index in [9.17, 15) is 0 Å². The molecule has 2 aromatic rings. The fraction of sp³-hybridized carbons (Fsp3) is 0.500. The first kappa shape index (κ1) is 13.7. The third kappa shape index (κ3) is 2.50. The molecular weight excluding hydrogens is 270 g/mol. The summed E-state index contributed by atoms with van der Waals surface area (Å²) in [5, 5.41) is 4.72. The number of nitrogens with one attached hydrogen (secondary N) is 1. The van der Waals surface area contributed by atoms with E-state index in [1.807, 2.05) is 17.4 Å². The molecule has 0 amide bonds. The maximum Gasteiger partial charge on any atom is 0.131 e. The first-order valence-electron chi connectivity index (χ1n) is 7.10. The molecule has 0 aliphatic carbocycles. The molecule has 3 nitrogen and oxygen atoms in total. The van der Waals surface area contributed by atoms with Gasteiger partial charge in [-0.3, -0.25) is 0 Å². The summed E-state index contributed by atoms with van der Waals surface area (Å²) in [6.07, 6.45) is 2.43. The molecule has 2 heterocycles. The van der Waals surface area contributed by atoms with E-state index in [4.69, 9.17) is 9.47 Å². The van der Waals surface area contributed by atoms with Gasteiger partial charge in [0, 0.05) is 27.1 Å². The molecule has 1 aromatic heterocycles. The van der Waals surface area contributed by atoms with Crippen LogP contribution < -0.4 is 14.8 Å². The van der Waals surface area contributed by atoms with E-state index in [0.29, 0.717) is 12.0 Å². The van der Waals surface area contributed by atoms with Crippen LogP contribution in [0.25, 0.3) is 10.1 Å². The molecule has 20 heavy (non-hydrogen) atoms. The van der Waals surface area contributed by atoms with Crippen molar-refractivity contribution >= 4 is 21.4 Å². The van der Waals surface area contributed by atoms with Gasteiger partial charge in [0.2, 0.25) is 0 Å². The number of piperidine rings is 1. The predicted molar refractivity (Wildman–Crippen MR) is 84.4 cm³/mol. The number of rotatable bonds is 3. The van der Waals surface area contributed by atoms with Crippen LogP contribution in [0.3, 0.4) is 0 Å². The number of ether oxygens (including phenoxy) is 2. The molecule has 0 bridgehead atoms. The van der Waals surface area contributed by atoms with Crippen molar-refractivity contribution in [1.29, 1.82) is 0 Å². The normalized spacial score (nSPS) is 22.9. The van der Waals surface area contributed by atoms with Crippen LogP contribution in [0.5, 0.6) is 11.5 Å². The maximum atomic E-state index is 5.51. The van der Waals surface area contributed by atoms with Gasteiger partial charge < -0.3 is 14.8 Å². The van der Waals surface area contributed by atoms with Crippen LogP contribution in [0.15, 0.2) is 18.2 Å². The SMILES string of the molecule is COc1cc(OC)c2cc(C3CCN[C@@H](C)C3)sc2c1. The van der Waals surface area contributed by atoms with Crippen LogP contribution in [0, 0.1) is 0 Å². The molecule has 0 radical (unpaired) electrons. The molecule has 3 rings (SSSR count). The highest BCUT2D eigenvalue weighted by molar-refractivity contribution is 7.19. The molecule has 1 aliphatic heterocycles. The predicted octanol–water partition coefficient (Wildman–Crippen LogP) is 3.77. The van der Waals surface area contributed by atoms with Crippen molar-refractivity contribution in [2.24, 2.45) is 0 Å². The average Bonchev–Trinajstić information content (AvgIpc) is 2.90. The summed E-state index contributed by atoms with van der Waals surface area (Å²) in [7, 11) is 3.42. The van der Waals surface area contributed by atoms with Gasteiger partial charge in [0.1, 0.15) is 11.5 Å². The highest BCUT2D eigenvalue weighted by Crippen LogP contribution is 2.41. The Labute approximate surface area is 123 Å². The van der Waals surface area contributed by atoms with Gasteiger partial charge in [-0.15, -0.1) is 11.3 Å². The van der Waals surface area contributed by atoms with Crippen molar-refractivity contribution in [2.75, 3.05) is 20.8 Å². The fourth-order valence-electron chi connectivity index (χ4n) is 2.98. The minimum Gasteiger partial charge on any atom is -0.497 e. The standard InChI is InChI=1S/C16H21NO2S/c1-10-6-11(4-5-17-10)15-9-13-14(19-3)7-12(18-2)8-16(13)20-15/h7-11,17H,4-6H2,1-3H3/t10-,11?/m0/s1. The van der Waals surface area contributed by atoms with E-state index in [1.54, 1.807) is 14.2 Å². The lowest BCUT2D eigenvalue weighted by Gasteiger charge is -2.27. The maximum absolute atomic E-state index is 5.51. The molecule has 0 saturated carbocycles. The first-order chi connectivity index (χ1) is 9.71. The lowest BCUT2D eigenvalue weighted by Crippen LogP contribution is -2.34. The summed E-state index contributed by atoms with van der Waals surface area (Å²) < 4.78 is 12.1. The summed E-state index contributed by atoms with van der Waals surface area (Å²) in [5.74, 6) is 2.43. The number of methoxy groups -OCH3 is 2. The third-order valence-electron chi connectivity index (χ3n) is 4.07. The second-order valence-corrected chi connectivity index (χ2v) is 6.58. The number of benzene rings is 1. The summed E-state index contributed by atoms with van der Waals surface area (Å²) >= 11 is 1.88. The molecule has 108 valence electrons. The smallest absolute Gasteiger partial charge is 0.131 e. The molecule has 1 fully saturated rings. The summed E-state index contributed by atoms with van der Waals surface area (Å²) in [6, 6.07) is 6.98. The van der Waals surface area contributed by atoms with Crippen LogP contribution in [0.2, 0.25) is 0 Å². The summed E-state index contributed by atoms with van der Waals surface area (Å²) in [6.45, 7) is 3.38. The van der Waals surface area contributed by atoms with Crippen molar-refractivity contribution in [3.63, 3.8) is 0 Å².